The molecule has 98 valence electrons. The molecule has 1 aliphatic heterocycles. The lowest BCUT2D eigenvalue weighted by Gasteiger charge is -2.24. The van der Waals surface area contributed by atoms with Gasteiger partial charge in [0, 0.05) is 25.3 Å². The van der Waals surface area contributed by atoms with E-state index in [4.69, 9.17) is 10.5 Å². The van der Waals surface area contributed by atoms with Crippen LogP contribution in [-0.2, 0) is 4.74 Å². The highest BCUT2D eigenvalue weighted by atomic mass is 16.5. The Balaban J connectivity index is 2.04. The number of nitrogens with one attached hydrogen (secondary N) is 2. The zero-order valence-corrected chi connectivity index (χ0v) is 10.4. The summed E-state index contributed by atoms with van der Waals surface area (Å²) in [6.45, 7) is 4.73. The number of nitrogens with two attached hydrogens (primary N) is 1. The number of aromatic nitrogens is 1. The minimum absolute atomic E-state index is 0.224. The van der Waals surface area contributed by atoms with Gasteiger partial charge in [-0.3, -0.25) is 4.79 Å². The number of pyridine rings is 1. The van der Waals surface area contributed by atoms with Crippen LogP contribution < -0.4 is 16.4 Å². The van der Waals surface area contributed by atoms with Crippen molar-refractivity contribution in [2.24, 2.45) is 5.73 Å². The van der Waals surface area contributed by atoms with Gasteiger partial charge in [-0.25, -0.2) is 4.98 Å². The van der Waals surface area contributed by atoms with Gasteiger partial charge in [0.25, 0.3) is 5.91 Å². The molecule has 1 atom stereocenters. The van der Waals surface area contributed by atoms with E-state index in [9.17, 15) is 4.79 Å². The minimum atomic E-state index is -0.462. The Bertz CT molecular complexity index is 430. The number of carbonyl (C=O) groups excluding carboxylic acids is 1. The lowest BCUT2D eigenvalue weighted by molar-refractivity contribution is 0.0806. The molecule has 0 aromatic carbocycles. The van der Waals surface area contributed by atoms with Gasteiger partial charge in [0.05, 0.1) is 18.8 Å². The SMILES string of the molecule is Cc1ccnc(NCC2COCCN2)c1C(N)=O. The Labute approximate surface area is 106 Å². The number of anilines is 1. The van der Waals surface area contributed by atoms with Crippen molar-refractivity contribution in [3.8, 4) is 0 Å². The van der Waals surface area contributed by atoms with Gasteiger partial charge in [-0.05, 0) is 18.6 Å². The molecular weight excluding hydrogens is 232 g/mol. The topological polar surface area (TPSA) is 89.3 Å². The second-order valence-electron chi connectivity index (χ2n) is 4.32. The molecule has 2 rings (SSSR count). The molecule has 0 saturated carbocycles. The molecule has 1 amide bonds. The van der Waals surface area contributed by atoms with E-state index in [1.54, 1.807) is 12.3 Å². The largest absolute Gasteiger partial charge is 0.378 e. The smallest absolute Gasteiger partial charge is 0.252 e. The van der Waals surface area contributed by atoms with Crippen molar-refractivity contribution < 1.29 is 9.53 Å². The predicted octanol–water partition coefficient (Wildman–Crippen LogP) is -0.111. The first-order chi connectivity index (χ1) is 8.68. The number of amides is 1. The van der Waals surface area contributed by atoms with E-state index in [0.717, 1.165) is 18.7 Å². The maximum Gasteiger partial charge on any atom is 0.252 e. The summed E-state index contributed by atoms with van der Waals surface area (Å²) in [5.74, 6) is 0.0748. The first-order valence-corrected chi connectivity index (χ1v) is 5.99. The van der Waals surface area contributed by atoms with Crippen molar-refractivity contribution in [1.82, 2.24) is 10.3 Å². The number of hydrogen-bond acceptors (Lipinski definition) is 5. The van der Waals surface area contributed by atoms with Crippen molar-refractivity contribution in [3.63, 3.8) is 0 Å². The monoisotopic (exact) mass is 250 g/mol. The number of morpholine rings is 1. The molecule has 18 heavy (non-hydrogen) atoms. The third-order valence-corrected chi connectivity index (χ3v) is 2.92. The number of rotatable bonds is 4. The van der Waals surface area contributed by atoms with Crippen molar-refractivity contribution in [2.75, 3.05) is 31.6 Å². The molecular formula is C12H18N4O2. The van der Waals surface area contributed by atoms with Crippen LogP contribution in [0.3, 0.4) is 0 Å². The minimum Gasteiger partial charge on any atom is -0.378 e. The van der Waals surface area contributed by atoms with E-state index < -0.39 is 5.91 Å². The fraction of sp³-hybridized carbons (Fsp3) is 0.500. The van der Waals surface area contributed by atoms with Crippen LogP contribution in [0.25, 0.3) is 0 Å². The van der Waals surface area contributed by atoms with Gasteiger partial charge < -0.3 is 21.1 Å². The number of primary amides is 1. The van der Waals surface area contributed by atoms with Gasteiger partial charge >= 0.3 is 0 Å². The number of carbonyl (C=O) groups is 1. The van der Waals surface area contributed by atoms with Crippen LogP contribution in [-0.4, -0.2) is 43.2 Å². The summed E-state index contributed by atoms with van der Waals surface area (Å²) < 4.78 is 5.36. The van der Waals surface area contributed by atoms with E-state index in [1.165, 1.54) is 0 Å². The van der Waals surface area contributed by atoms with Crippen molar-refractivity contribution in [1.29, 1.82) is 0 Å². The van der Waals surface area contributed by atoms with Crippen molar-refractivity contribution in [2.45, 2.75) is 13.0 Å². The fourth-order valence-electron chi connectivity index (χ4n) is 1.97. The zero-order valence-electron chi connectivity index (χ0n) is 10.4. The van der Waals surface area contributed by atoms with Crippen molar-refractivity contribution in [3.05, 3.63) is 23.4 Å². The van der Waals surface area contributed by atoms with Crippen LogP contribution in [0, 0.1) is 6.92 Å². The number of ether oxygens (including phenoxy) is 1. The number of hydrogen-bond donors (Lipinski definition) is 3. The maximum absolute atomic E-state index is 11.4. The van der Waals surface area contributed by atoms with Gasteiger partial charge in [-0.15, -0.1) is 0 Å². The molecule has 6 nitrogen and oxygen atoms in total. The summed E-state index contributed by atoms with van der Waals surface area (Å²) in [6, 6.07) is 1.99. The molecule has 0 radical (unpaired) electrons. The molecule has 4 N–H and O–H groups in total. The maximum atomic E-state index is 11.4. The molecule has 1 fully saturated rings. The Hall–Kier alpha value is -1.66. The number of aryl methyl sites for hydroxylation is 1. The average Bonchev–Trinajstić information content (AvgIpc) is 2.37. The van der Waals surface area contributed by atoms with Gasteiger partial charge in [-0.2, -0.15) is 0 Å². The first kappa shape index (κ1) is 12.8. The molecule has 1 aromatic heterocycles. The van der Waals surface area contributed by atoms with E-state index in [2.05, 4.69) is 15.6 Å². The van der Waals surface area contributed by atoms with E-state index in [-0.39, 0.29) is 6.04 Å². The van der Waals surface area contributed by atoms with E-state index in [0.29, 0.717) is 24.5 Å². The Kier molecular flexibility index (Phi) is 4.11. The molecule has 1 aliphatic rings. The fourth-order valence-corrected chi connectivity index (χ4v) is 1.97. The summed E-state index contributed by atoms with van der Waals surface area (Å²) in [5, 5.41) is 6.47. The third kappa shape index (κ3) is 2.96. The Morgan fingerprint density at radius 1 is 1.72 bits per heavy atom. The van der Waals surface area contributed by atoms with Crippen LogP contribution >= 0.6 is 0 Å². The van der Waals surface area contributed by atoms with Crippen molar-refractivity contribution >= 4 is 11.7 Å². The second kappa shape index (κ2) is 5.79. The Morgan fingerprint density at radius 2 is 2.56 bits per heavy atom. The summed E-state index contributed by atoms with van der Waals surface area (Å²) in [7, 11) is 0. The lowest BCUT2D eigenvalue weighted by atomic mass is 10.1. The lowest BCUT2D eigenvalue weighted by Crippen LogP contribution is -2.45. The van der Waals surface area contributed by atoms with E-state index in [1.807, 2.05) is 6.92 Å². The van der Waals surface area contributed by atoms with E-state index >= 15 is 0 Å². The van der Waals surface area contributed by atoms with Gasteiger partial charge in [-0.1, -0.05) is 0 Å². The summed E-state index contributed by atoms with van der Waals surface area (Å²) >= 11 is 0. The molecule has 6 heteroatoms. The third-order valence-electron chi connectivity index (χ3n) is 2.92. The highest BCUT2D eigenvalue weighted by molar-refractivity contribution is 5.98. The normalized spacial score (nSPS) is 19.5. The van der Waals surface area contributed by atoms with Gasteiger partial charge in [0.2, 0.25) is 0 Å². The summed E-state index contributed by atoms with van der Waals surface area (Å²) in [4.78, 5) is 15.6. The molecule has 0 bridgehead atoms. The molecule has 1 aromatic rings. The average molecular weight is 250 g/mol. The molecule has 0 spiro atoms. The Morgan fingerprint density at radius 3 is 3.22 bits per heavy atom. The van der Waals surface area contributed by atoms with Gasteiger partial charge in [0.1, 0.15) is 5.82 Å². The molecule has 2 heterocycles. The number of nitrogens with zero attached hydrogens (tertiary/aromatic N) is 1. The van der Waals surface area contributed by atoms with Crippen LogP contribution in [0.2, 0.25) is 0 Å². The zero-order chi connectivity index (χ0) is 13.0. The van der Waals surface area contributed by atoms with Crippen LogP contribution in [0.5, 0.6) is 0 Å². The van der Waals surface area contributed by atoms with Gasteiger partial charge in [0.15, 0.2) is 0 Å². The highest BCUT2D eigenvalue weighted by Crippen LogP contribution is 2.15. The van der Waals surface area contributed by atoms with Crippen LogP contribution in [0.15, 0.2) is 12.3 Å². The predicted molar refractivity (Wildman–Crippen MR) is 68.6 cm³/mol. The molecule has 1 saturated heterocycles. The van der Waals surface area contributed by atoms with Crippen LogP contribution in [0.4, 0.5) is 5.82 Å². The summed E-state index contributed by atoms with van der Waals surface area (Å²) in [5.41, 5.74) is 6.64. The first-order valence-electron chi connectivity index (χ1n) is 5.99. The molecule has 1 unspecified atom stereocenters. The highest BCUT2D eigenvalue weighted by Gasteiger charge is 2.16. The quantitative estimate of drug-likeness (QED) is 0.694. The molecule has 0 aliphatic carbocycles. The summed E-state index contributed by atoms with van der Waals surface area (Å²) in [6.07, 6.45) is 1.66. The van der Waals surface area contributed by atoms with Crippen LogP contribution in [0.1, 0.15) is 15.9 Å². The standard InChI is InChI=1S/C12H18N4O2/c1-8-2-3-15-12(10(8)11(13)17)16-6-9-7-18-5-4-14-9/h2-3,9,14H,4-7H2,1H3,(H2,13,17)(H,15,16). The second-order valence-corrected chi connectivity index (χ2v) is 4.32.